The van der Waals surface area contributed by atoms with Gasteiger partial charge in [-0.25, -0.2) is 4.98 Å². The van der Waals surface area contributed by atoms with E-state index >= 15 is 0 Å². The topological polar surface area (TPSA) is 19.4 Å². The third-order valence-corrected chi connectivity index (χ3v) is 3.09. The maximum Gasteiger partial charge on any atom is 0.152 e. The average Bonchev–Trinajstić information content (AvgIpc) is 2.20. The number of likely N-dealkylation sites (N-methyl/N-ethyl adjacent to an activating group) is 1. The molecule has 0 N–H and O–H groups in total. The summed E-state index contributed by atoms with van der Waals surface area (Å²) < 4.78 is 0. The van der Waals surface area contributed by atoms with E-state index in [4.69, 9.17) is 11.6 Å². The van der Waals surface area contributed by atoms with Crippen molar-refractivity contribution in [2.75, 3.05) is 38.1 Å². The normalized spacial score (nSPS) is 18.2. The lowest BCUT2D eigenvalue weighted by Gasteiger charge is -2.34. The predicted molar refractivity (Wildman–Crippen MR) is 63.7 cm³/mol. The summed E-state index contributed by atoms with van der Waals surface area (Å²) in [4.78, 5) is 8.90. The summed E-state index contributed by atoms with van der Waals surface area (Å²) in [6, 6.07) is 4.08. The van der Waals surface area contributed by atoms with Gasteiger partial charge in [0.15, 0.2) is 5.15 Å². The molecule has 0 unspecified atom stereocenters. The first-order chi connectivity index (χ1) is 7.16. The van der Waals surface area contributed by atoms with Gasteiger partial charge < -0.3 is 9.80 Å². The van der Waals surface area contributed by atoms with E-state index in [0.29, 0.717) is 5.15 Å². The van der Waals surface area contributed by atoms with E-state index in [0.717, 1.165) is 37.6 Å². The van der Waals surface area contributed by atoms with E-state index in [9.17, 15) is 0 Å². The molecule has 1 fully saturated rings. The van der Waals surface area contributed by atoms with Gasteiger partial charge in [-0.2, -0.15) is 0 Å². The van der Waals surface area contributed by atoms with Gasteiger partial charge in [0, 0.05) is 31.9 Å². The Morgan fingerprint density at radius 2 is 1.87 bits per heavy atom. The van der Waals surface area contributed by atoms with Crippen LogP contribution in [0.1, 0.15) is 5.69 Å². The van der Waals surface area contributed by atoms with Gasteiger partial charge in [-0.15, -0.1) is 0 Å². The third-order valence-electron chi connectivity index (χ3n) is 2.81. The molecule has 3 nitrogen and oxygen atoms in total. The predicted octanol–water partition coefficient (Wildman–Crippen LogP) is 1.80. The van der Waals surface area contributed by atoms with E-state index < -0.39 is 0 Å². The van der Waals surface area contributed by atoms with Crippen molar-refractivity contribution in [2.45, 2.75) is 6.92 Å². The van der Waals surface area contributed by atoms with Crippen molar-refractivity contribution in [3.05, 3.63) is 23.0 Å². The number of rotatable bonds is 1. The molecule has 0 aliphatic carbocycles. The molecule has 0 radical (unpaired) electrons. The largest absolute Gasteiger partial charge is 0.366 e. The minimum absolute atomic E-state index is 0.625. The second-order valence-corrected chi connectivity index (χ2v) is 4.41. The summed E-state index contributed by atoms with van der Waals surface area (Å²) >= 11 is 6.13. The maximum absolute atomic E-state index is 6.13. The molecule has 0 bridgehead atoms. The van der Waals surface area contributed by atoms with Gasteiger partial charge >= 0.3 is 0 Å². The van der Waals surface area contributed by atoms with E-state index in [2.05, 4.69) is 27.9 Å². The minimum atomic E-state index is 0.625. The molecule has 0 saturated carbocycles. The number of aryl methyl sites for hydroxylation is 1. The first-order valence-corrected chi connectivity index (χ1v) is 5.61. The molecular formula is C11H16ClN3. The molecule has 1 aromatic rings. The highest BCUT2D eigenvalue weighted by Gasteiger charge is 2.16. The molecule has 0 atom stereocenters. The Hall–Kier alpha value is -0.800. The summed E-state index contributed by atoms with van der Waals surface area (Å²) in [5.74, 6) is 0. The summed E-state index contributed by atoms with van der Waals surface area (Å²) in [5.41, 5.74) is 2.04. The molecule has 0 amide bonds. The zero-order chi connectivity index (χ0) is 10.8. The Labute approximate surface area is 95.7 Å². The van der Waals surface area contributed by atoms with Gasteiger partial charge in [-0.1, -0.05) is 11.6 Å². The number of piperazine rings is 1. The SMILES string of the molecule is Cc1ccc(N2CCN(C)CC2)c(Cl)n1. The van der Waals surface area contributed by atoms with Crippen LogP contribution in [-0.2, 0) is 0 Å². The number of pyridine rings is 1. The van der Waals surface area contributed by atoms with Gasteiger partial charge in [0.05, 0.1) is 5.69 Å². The van der Waals surface area contributed by atoms with Gasteiger partial charge in [0.1, 0.15) is 0 Å². The summed E-state index contributed by atoms with van der Waals surface area (Å²) in [7, 11) is 2.15. The van der Waals surface area contributed by atoms with Crippen molar-refractivity contribution in [1.29, 1.82) is 0 Å². The number of hydrogen-bond acceptors (Lipinski definition) is 3. The first kappa shape index (κ1) is 10.7. The molecule has 2 heterocycles. The first-order valence-electron chi connectivity index (χ1n) is 5.23. The lowest BCUT2D eigenvalue weighted by atomic mass is 10.2. The van der Waals surface area contributed by atoms with E-state index in [1.54, 1.807) is 0 Å². The van der Waals surface area contributed by atoms with Crippen molar-refractivity contribution in [3.63, 3.8) is 0 Å². The lowest BCUT2D eigenvalue weighted by molar-refractivity contribution is 0.313. The van der Waals surface area contributed by atoms with Gasteiger partial charge in [-0.05, 0) is 26.1 Å². The Morgan fingerprint density at radius 3 is 2.47 bits per heavy atom. The van der Waals surface area contributed by atoms with Gasteiger partial charge in [-0.3, -0.25) is 0 Å². The number of nitrogens with zero attached hydrogens (tertiary/aromatic N) is 3. The number of aromatic nitrogens is 1. The zero-order valence-electron chi connectivity index (χ0n) is 9.20. The standard InChI is InChI=1S/C11H16ClN3/c1-9-3-4-10(11(12)13-9)15-7-5-14(2)6-8-15/h3-4H,5-8H2,1-2H3. The third kappa shape index (κ3) is 2.41. The Balaban J connectivity index is 2.15. The molecule has 1 aromatic heterocycles. The van der Waals surface area contributed by atoms with Crippen LogP contribution in [0.25, 0.3) is 0 Å². The Morgan fingerprint density at radius 1 is 1.20 bits per heavy atom. The van der Waals surface area contributed by atoms with Gasteiger partial charge in [0.25, 0.3) is 0 Å². The quantitative estimate of drug-likeness (QED) is 0.680. The molecule has 1 aliphatic rings. The number of halogens is 1. The molecule has 82 valence electrons. The van der Waals surface area contributed by atoms with Crippen molar-refractivity contribution >= 4 is 17.3 Å². The highest BCUT2D eigenvalue weighted by atomic mass is 35.5. The van der Waals surface area contributed by atoms with Crippen LogP contribution in [0, 0.1) is 6.92 Å². The van der Waals surface area contributed by atoms with Crippen LogP contribution in [0.5, 0.6) is 0 Å². The van der Waals surface area contributed by atoms with Crippen LogP contribution in [-0.4, -0.2) is 43.1 Å². The van der Waals surface area contributed by atoms with Crippen LogP contribution in [0.2, 0.25) is 5.15 Å². The maximum atomic E-state index is 6.13. The van der Waals surface area contributed by atoms with Crippen LogP contribution >= 0.6 is 11.6 Å². The molecular weight excluding hydrogens is 210 g/mol. The van der Waals surface area contributed by atoms with Gasteiger partial charge in [0.2, 0.25) is 0 Å². The molecule has 1 aliphatic heterocycles. The lowest BCUT2D eigenvalue weighted by Crippen LogP contribution is -2.44. The molecule has 0 aromatic carbocycles. The van der Waals surface area contributed by atoms with Crippen LogP contribution in [0.3, 0.4) is 0 Å². The van der Waals surface area contributed by atoms with Crippen LogP contribution in [0.15, 0.2) is 12.1 Å². The van der Waals surface area contributed by atoms with Crippen LogP contribution in [0.4, 0.5) is 5.69 Å². The fraction of sp³-hybridized carbons (Fsp3) is 0.545. The smallest absolute Gasteiger partial charge is 0.152 e. The second-order valence-electron chi connectivity index (χ2n) is 4.05. The van der Waals surface area contributed by atoms with Crippen molar-refractivity contribution in [1.82, 2.24) is 9.88 Å². The highest BCUT2D eigenvalue weighted by molar-refractivity contribution is 6.32. The van der Waals surface area contributed by atoms with E-state index in [1.165, 1.54) is 0 Å². The summed E-state index contributed by atoms with van der Waals surface area (Å²) in [5, 5.41) is 0.625. The molecule has 0 spiro atoms. The summed E-state index contributed by atoms with van der Waals surface area (Å²) in [6.07, 6.45) is 0. The fourth-order valence-corrected chi connectivity index (χ4v) is 2.12. The minimum Gasteiger partial charge on any atom is -0.366 e. The highest BCUT2D eigenvalue weighted by Crippen LogP contribution is 2.24. The van der Waals surface area contributed by atoms with Crippen molar-refractivity contribution < 1.29 is 0 Å². The van der Waals surface area contributed by atoms with E-state index in [-0.39, 0.29) is 0 Å². The van der Waals surface area contributed by atoms with Crippen molar-refractivity contribution in [3.8, 4) is 0 Å². The molecule has 2 rings (SSSR count). The number of anilines is 1. The zero-order valence-corrected chi connectivity index (χ0v) is 9.96. The molecule has 4 heteroatoms. The van der Waals surface area contributed by atoms with E-state index in [1.807, 2.05) is 13.0 Å². The van der Waals surface area contributed by atoms with Crippen LogP contribution < -0.4 is 4.90 Å². The number of hydrogen-bond donors (Lipinski definition) is 0. The molecule has 1 saturated heterocycles. The average molecular weight is 226 g/mol. The fourth-order valence-electron chi connectivity index (χ4n) is 1.80. The summed E-state index contributed by atoms with van der Waals surface area (Å²) in [6.45, 7) is 6.19. The van der Waals surface area contributed by atoms with Crippen molar-refractivity contribution in [2.24, 2.45) is 0 Å². The Kier molecular flexibility index (Phi) is 3.12. The molecule has 15 heavy (non-hydrogen) atoms. The monoisotopic (exact) mass is 225 g/mol. The Bertz CT molecular complexity index is 346. The second kappa shape index (κ2) is 4.37.